The fourth-order valence-electron chi connectivity index (χ4n) is 2.47. The Hall–Kier alpha value is -1.26. The summed E-state index contributed by atoms with van der Waals surface area (Å²) in [6.07, 6.45) is 6.17. The third-order valence-corrected chi connectivity index (χ3v) is 3.82. The monoisotopic (exact) mass is 270 g/mol. The first-order chi connectivity index (χ1) is 9.13. The molecule has 5 nitrogen and oxygen atoms in total. The molecule has 0 aliphatic carbocycles. The van der Waals surface area contributed by atoms with Crippen LogP contribution in [0.25, 0.3) is 0 Å². The molecule has 19 heavy (non-hydrogen) atoms. The SMILES string of the molecule is CCC(CCNC(=O)N1CCCCC1)CCC(=O)O. The van der Waals surface area contributed by atoms with Crippen LogP contribution >= 0.6 is 0 Å². The highest BCUT2D eigenvalue weighted by atomic mass is 16.4. The number of nitrogens with zero attached hydrogens (tertiary/aromatic N) is 1. The number of hydrogen-bond acceptors (Lipinski definition) is 2. The molecule has 1 atom stereocenters. The summed E-state index contributed by atoms with van der Waals surface area (Å²) in [4.78, 5) is 24.3. The molecule has 1 saturated heterocycles. The number of nitrogens with one attached hydrogen (secondary N) is 1. The number of carboxylic acid groups (broad SMARTS) is 1. The maximum absolute atomic E-state index is 11.9. The Labute approximate surface area is 115 Å². The minimum atomic E-state index is -0.740. The predicted molar refractivity (Wildman–Crippen MR) is 74.1 cm³/mol. The first-order valence-electron chi connectivity index (χ1n) is 7.38. The van der Waals surface area contributed by atoms with Crippen molar-refractivity contribution >= 4 is 12.0 Å². The Kier molecular flexibility index (Phi) is 7.30. The van der Waals surface area contributed by atoms with Gasteiger partial charge in [0.1, 0.15) is 0 Å². The van der Waals surface area contributed by atoms with Gasteiger partial charge in [0.15, 0.2) is 0 Å². The Morgan fingerprint density at radius 2 is 1.89 bits per heavy atom. The third kappa shape index (κ3) is 6.45. The molecule has 0 aromatic rings. The van der Waals surface area contributed by atoms with Crippen LogP contribution in [0, 0.1) is 5.92 Å². The zero-order valence-corrected chi connectivity index (χ0v) is 11.9. The molecule has 1 aliphatic heterocycles. The number of amides is 2. The fourth-order valence-corrected chi connectivity index (χ4v) is 2.47. The van der Waals surface area contributed by atoms with E-state index in [9.17, 15) is 9.59 Å². The van der Waals surface area contributed by atoms with Gasteiger partial charge in [0.25, 0.3) is 0 Å². The van der Waals surface area contributed by atoms with Gasteiger partial charge >= 0.3 is 12.0 Å². The highest BCUT2D eigenvalue weighted by molar-refractivity contribution is 5.74. The van der Waals surface area contributed by atoms with Gasteiger partial charge in [0, 0.05) is 26.1 Å². The largest absolute Gasteiger partial charge is 0.481 e. The molecule has 0 spiro atoms. The summed E-state index contributed by atoms with van der Waals surface area (Å²) < 4.78 is 0. The number of piperidine rings is 1. The van der Waals surface area contributed by atoms with Crippen LogP contribution in [0.2, 0.25) is 0 Å². The molecular formula is C14H26N2O3. The molecular weight excluding hydrogens is 244 g/mol. The number of carbonyl (C=O) groups excluding carboxylic acids is 1. The standard InChI is InChI=1S/C14H26N2O3/c1-2-12(6-7-13(17)18)8-9-15-14(19)16-10-4-3-5-11-16/h12H,2-11H2,1H3,(H,15,19)(H,17,18). The van der Waals surface area contributed by atoms with E-state index in [1.165, 1.54) is 6.42 Å². The van der Waals surface area contributed by atoms with E-state index in [1.807, 2.05) is 4.90 Å². The van der Waals surface area contributed by atoms with Crippen molar-refractivity contribution in [3.63, 3.8) is 0 Å². The molecule has 1 unspecified atom stereocenters. The molecule has 5 heteroatoms. The van der Waals surface area contributed by atoms with Crippen LogP contribution in [0.4, 0.5) is 4.79 Å². The summed E-state index contributed by atoms with van der Waals surface area (Å²) in [6.45, 7) is 4.44. The molecule has 0 saturated carbocycles. The van der Waals surface area contributed by atoms with E-state index in [1.54, 1.807) is 0 Å². The minimum absolute atomic E-state index is 0.0350. The van der Waals surface area contributed by atoms with Crippen LogP contribution in [0.5, 0.6) is 0 Å². The lowest BCUT2D eigenvalue weighted by Gasteiger charge is -2.27. The molecule has 2 N–H and O–H groups in total. The molecule has 0 aromatic carbocycles. The van der Waals surface area contributed by atoms with E-state index >= 15 is 0 Å². The van der Waals surface area contributed by atoms with Gasteiger partial charge in [0.05, 0.1) is 0 Å². The smallest absolute Gasteiger partial charge is 0.317 e. The van der Waals surface area contributed by atoms with E-state index in [4.69, 9.17) is 5.11 Å². The van der Waals surface area contributed by atoms with Crippen molar-refractivity contribution in [3.05, 3.63) is 0 Å². The lowest BCUT2D eigenvalue weighted by molar-refractivity contribution is -0.137. The number of hydrogen-bond donors (Lipinski definition) is 2. The number of carbonyl (C=O) groups is 2. The summed E-state index contributed by atoms with van der Waals surface area (Å²) in [7, 11) is 0. The first-order valence-corrected chi connectivity index (χ1v) is 7.38. The van der Waals surface area contributed by atoms with Crippen molar-refractivity contribution in [2.75, 3.05) is 19.6 Å². The summed E-state index contributed by atoms with van der Waals surface area (Å²) in [5.41, 5.74) is 0. The summed E-state index contributed by atoms with van der Waals surface area (Å²) in [5, 5.41) is 11.6. The van der Waals surface area contributed by atoms with Crippen LogP contribution in [-0.4, -0.2) is 41.6 Å². The quantitative estimate of drug-likeness (QED) is 0.746. The maximum Gasteiger partial charge on any atom is 0.317 e. The second-order valence-corrected chi connectivity index (χ2v) is 5.28. The molecule has 0 aromatic heterocycles. The van der Waals surface area contributed by atoms with Crippen LogP contribution in [0.3, 0.4) is 0 Å². The van der Waals surface area contributed by atoms with Crippen molar-refractivity contribution in [1.29, 1.82) is 0 Å². The maximum atomic E-state index is 11.9. The van der Waals surface area contributed by atoms with Gasteiger partial charge in [-0.15, -0.1) is 0 Å². The number of rotatable bonds is 7. The van der Waals surface area contributed by atoms with Gasteiger partial charge in [-0.2, -0.15) is 0 Å². The Bertz CT molecular complexity index is 288. The lowest BCUT2D eigenvalue weighted by Crippen LogP contribution is -2.43. The van der Waals surface area contributed by atoms with Crippen molar-refractivity contribution in [2.45, 2.75) is 51.9 Å². The summed E-state index contributed by atoms with van der Waals surface area (Å²) >= 11 is 0. The number of carboxylic acids is 1. The Morgan fingerprint density at radius 3 is 2.47 bits per heavy atom. The van der Waals surface area contributed by atoms with E-state index in [0.29, 0.717) is 18.9 Å². The molecule has 1 fully saturated rings. The van der Waals surface area contributed by atoms with Gasteiger partial charge in [-0.1, -0.05) is 13.3 Å². The molecule has 2 amide bonds. The third-order valence-electron chi connectivity index (χ3n) is 3.82. The second-order valence-electron chi connectivity index (χ2n) is 5.28. The van der Waals surface area contributed by atoms with Crippen molar-refractivity contribution in [1.82, 2.24) is 10.2 Å². The van der Waals surface area contributed by atoms with Crippen LogP contribution < -0.4 is 5.32 Å². The predicted octanol–water partition coefficient (Wildman–Crippen LogP) is 2.46. The highest BCUT2D eigenvalue weighted by Crippen LogP contribution is 2.15. The molecule has 1 aliphatic rings. The molecule has 1 rings (SSSR count). The molecule has 1 heterocycles. The first kappa shape index (κ1) is 15.8. The Balaban J connectivity index is 2.16. The van der Waals surface area contributed by atoms with Gasteiger partial charge in [-0.3, -0.25) is 4.79 Å². The number of aliphatic carboxylic acids is 1. The van der Waals surface area contributed by atoms with Crippen LogP contribution in [0.15, 0.2) is 0 Å². The molecule has 0 bridgehead atoms. The topological polar surface area (TPSA) is 69.6 Å². The Morgan fingerprint density at radius 1 is 1.21 bits per heavy atom. The highest BCUT2D eigenvalue weighted by Gasteiger charge is 2.16. The zero-order chi connectivity index (χ0) is 14.1. The number of likely N-dealkylation sites (tertiary alicyclic amines) is 1. The van der Waals surface area contributed by atoms with Gasteiger partial charge in [-0.05, 0) is 38.0 Å². The average molecular weight is 270 g/mol. The number of urea groups is 1. The van der Waals surface area contributed by atoms with E-state index in [2.05, 4.69) is 12.2 Å². The van der Waals surface area contributed by atoms with Gasteiger partial charge in [-0.25, -0.2) is 4.79 Å². The van der Waals surface area contributed by atoms with E-state index < -0.39 is 5.97 Å². The lowest BCUT2D eigenvalue weighted by atomic mass is 9.97. The molecule has 110 valence electrons. The zero-order valence-electron chi connectivity index (χ0n) is 11.9. The molecule has 0 radical (unpaired) electrons. The fraction of sp³-hybridized carbons (Fsp3) is 0.857. The van der Waals surface area contributed by atoms with Crippen molar-refractivity contribution in [2.24, 2.45) is 5.92 Å². The van der Waals surface area contributed by atoms with Crippen molar-refractivity contribution < 1.29 is 14.7 Å². The van der Waals surface area contributed by atoms with E-state index in [-0.39, 0.29) is 12.5 Å². The normalized spacial score (nSPS) is 17.0. The van der Waals surface area contributed by atoms with Crippen molar-refractivity contribution in [3.8, 4) is 0 Å². The summed E-state index contributed by atoms with van der Waals surface area (Å²) in [5.74, 6) is -0.353. The van der Waals surface area contributed by atoms with Crippen LogP contribution in [-0.2, 0) is 4.79 Å². The van der Waals surface area contributed by atoms with E-state index in [0.717, 1.165) is 38.8 Å². The van der Waals surface area contributed by atoms with Gasteiger partial charge < -0.3 is 15.3 Å². The minimum Gasteiger partial charge on any atom is -0.481 e. The second kappa shape index (κ2) is 8.77. The summed E-state index contributed by atoms with van der Waals surface area (Å²) in [6, 6.07) is 0.0350. The average Bonchev–Trinajstić information content (AvgIpc) is 2.43. The van der Waals surface area contributed by atoms with Gasteiger partial charge in [0.2, 0.25) is 0 Å². The van der Waals surface area contributed by atoms with Crippen LogP contribution in [0.1, 0.15) is 51.9 Å².